The van der Waals surface area contributed by atoms with Crippen LogP contribution in [0.5, 0.6) is 0 Å². The van der Waals surface area contributed by atoms with E-state index in [4.69, 9.17) is 0 Å². The highest BCUT2D eigenvalue weighted by Crippen LogP contribution is 2.39. The number of piperazine rings is 1. The third kappa shape index (κ3) is 3.04. The van der Waals surface area contributed by atoms with E-state index in [2.05, 4.69) is 22.9 Å². The van der Waals surface area contributed by atoms with Gasteiger partial charge in [0.15, 0.2) is 0 Å². The fourth-order valence-corrected chi connectivity index (χ4v) is 6.20. The second-order valence-corrected chi connectivity index (χ2v) is 10.2. The van der Waals surface area contributed by atoms with E-state index >= 15 is 0 Å². The van der Waals surface area contributed by atoms with Crippen LogP contribution in [-0.4, -0.2) is 49.7 Å². The second kappa shape index (κ2) is 5.64. The van der Waals surface area contributed by atoms with Crippen molar-refractivity contribution in [3.63, 3.8) is 0 Å². The first-order valence-electron chi connectivity index (χ1n) is 6.94. The third-order valence-corrected chi connectivity index (χ3v) is 8.11. The molecule has 1 saturated carbocycles. The summed E-state index contributed by atoms with van der Waals surface area (Å²) in [6, 6.07) is 3.36. The van der Waals surface area contributed by atoms with Crippen molar-refractivity contribution in [2.75, 3.05) is 26.2 Å². The number of halogens is 1. The van der Waals surface area contributed by atoms with Crippen LogP contribution in [0.2, 0.25) is 0 Å². The highest BCUT2D eigenvalue weighted by molar-refractivity contribution is 9.11. The highest BCUT2D eigenvalue weighted by atomic mass is 79.9. The van der Waals surface area contributed by atoms with Gasteiger partial charge in [-0.2, -0.15) is 4.31 Å². The van der Waals surface area contributed by atoms with Crippen molar-refractivity contribution >= 4 is 43.2 Å². The molecule has 1 saturated heterocycles. The summed E-state index contributed by atoms with van der Waals surface area (Å²) >= 11 is 4.51. The first kappa shape index (κ1) is 15.5. The van der Waals surface area contributed by atoms with Crippen molar-refractivity contribution in [2.24, 2.45) is 11.8 Å². The first-order valence-corrected chi connectivity index (χ1v) is 9.99. The lowest BCUT2D eigenvalue weighted by molar-refractivity contribution is -0.134. The minimum Gasteiger partial charge on any atom is -0.340 e. The molecule has 8 heteroatoms. The minimum absolute atomic E-state index is 0.168. The number of nitrogens with zero attached hydrogens (tertiary/aromatic N) is 2. The number of rotatable bonds is 3. The molecule has 1 aromatic rings. The average molecular weight is 393 g/mol. The molecular formula is C13H17BrN2O3S2. The standard InChI is InChI=1S/C13H17BrN2O3S2/c1-9-8-10(9)13(17)15-4-6-16(7-5-15)21(18,19)12-3-2-11(14)20-12/h2-3,9-10H,4-8H2,1H3/t9-,10+/m0/s1. The van der Waals surface area contributed by atoms with E-state index in [9.17, 15) is 13.2 Å². The second-order valence-electron chi connectivity index (χ2n) is 5.61. The molecule has 0 N–H and O–H groups in total. The zero-order valence-corrected chi connectivity index (χ0v) is 14.9. The van der Waals surface area contributed by atoms with Gasteiger partial charge in [-0.25, -0.2) is 8.42 Å². The lowest BCUT2D eigenvalue weighted by atomic mass is 10.2. The van der Waals surface area contributed by atoms with Gasteiger partial charge in [-0.3, -0.25) is 4.79 Å². The van der Waals surface area contributed by atoms with Gasteiger partial charge >= 0.3 is 0 Å². The number of hydrogen-bond acceptors (Lipinski definition) is 4. The molecule has 3 rings (SSSR count). The van der Waals surface area contributed by atoms with Crippen LogP contribution in [0, 0.1) is 11.8 Å². The number of amides is 1. The zero-order chi connectivity index (χ0) is 15.2. The molecule has 1 aliphatic heterocycles. The summed E-state index contributed by atoms with van der Waals surface area (Å²) in [7, 11) is -3.42. The third-order valence-electron chi connectivity index (χ3n) is 4.12. The number of thiophene rings is 1. The fraction of sp³-hybridized carbons (Fsp3) is 0.615. The molecule has 0 unspecified atom stereocenters. The van der Waals surface area contributed by atoms with Gasteiger partial charge in [0.25, 0.3) is 10.0 Å². The summed E-state index contributed by atoms with van der Waals surface area (Å²) in [5, 5.41) is 0. The van der Waals surface area contributed by atoms with Crippen LogP contribution in [0.4, 0.5) is 0 Å². The van der Waals surface area contributed by atoms with E-state index < -0.39 is 10.0 Å². The molecule has 1 aromatic heterocycles. The van der Waals surface area contributed by atoms with Crippen LogP contribution in [-0.2, 0) is 14.8 Å². The predicted octanol–water partition coefficient (Wildman–Crippen LogP) is 2.00. The van der Waals surface area contributed by atoms with Crippen molar-refractivity contribution in [2.45, 2.75) is 17.6 Å². The Bertz CT molecular complexity index is 650. The Morgan fingerprint density at radius 1 is 1.29 bits per heavy atom. The van der Waals surface area contributed by atoms with E-state index in [1.807, 2.05) is 4.90 Å². The van der Waals surface area contributed by atoms with Gasteiger partial charge in [0.05, 0.1) is 3.79 Å². The predicted molar refractivity (Wildman–Crippen MR) is 84.6 cm³/mol. The maximum Gasteiger partial charge on any atom is 0.252 e. The Morgan fingerprint density at radius 3 is 2.38 bits per heavy atom. The van der Waals surface area contributed by atoms with Gasteiger partial charge in [-0.15, -0.1) is 11.3 Å². The van der Waals surface area contributed by atoms with Crippen LogP contribution < -0.4 is 0 Å². The van der Waals surface area contributed by atoms with Crippen molar-refractivity contribution in [3.8, 4) is 0 Å². The van der Waals surface area contributed by atoms with Crippen LogP contribution in [0.25, 0.3) is 0 Å². The summed E-state index contributed by atoms with van der Waals surface area (Å²) < 4.78 is 27.6. The van der Waals surface area contributed by atoms with Gasteiger partial charge in [0.1, 0.15) is 4.21 Å². The van der Waals surface area contributed by atoms with E-state index in [-0.39, 0.29) is 11.8 Å². The fourth-order valence-electron chi connectivity index (χ4n) is 2.61. The van der Waals surface area contributed by atoms with E-state index in [0.717, 1.165) is 10.2 Å². The maximum atomic E-state index is 12.5. The van der Waals surface area contributed by atoms with Gasteiger partial charge < -0.3 is 4.90 Å². The minimum atomic E-state index is -3.42. The molecule has 0 aromatic carbocycles. The number of carbonyl (C=O) groups is 1. The van der Waals surface area contributed by atoms with E-state index in [0.29, 0.717) is 36.3 Å². The van der Waals surface area contributed by atoms with Crippen LogP contribution >= 0.6 is 27.3 Å². The molecule has 0 radical (unpaired) electrons. The topological polar surface area (TPSA) is 57.7 Å². The Kier molecular flexibility index (Phi) is 4.15. The zero-order valence-electron chi connectivity index (χ0n) is 11.7. The summed E-state index contributed by atoms with van der Waals surface area (Å²) in [5.41, 5.74) is 0. The number of hydrogen-bond donors (Lipinski definition) is 0. The van der Waals surface area contributed by atoms with Crippen LogP contribution in [0.1, 0.15) is 13.3 Å². The quantitative estimate of drug-likeness (QED) is 0.790. The Balaban J connectivity index is 1.64. The molecule has 1 aliphatic carbocycles. The molecule has 116 valence electrons. The molecule has 2 atom stereocenters. The lowest BCUT2D eigenvalue weighted by Gasteiger charge is -2.33. The van der Waals surface area contributed by atoms with Crippen LogP contribution in [0.15, 0.2) is 20.1 Å². The molecule has 2 aliphatic rings. The normalized spacial score (nSPS) is 26.9. The first-order chi connectivity index (χ1) is 9.89. The molecule has 2 heterocycles. The summed E-state index contributed by atoms with van der Waals surface area (Å²) in [6.07, 6.45) is 0.973. The molecule has 21 heavy (non-hydrogen) atoms. The monoisotopic (exact) mass is 392 g/mol. The average Bonchev–Trinajstić information content (AvgIpc) is 3.02. The van der Waals surface area contributed by atoms with E-state index in [1.165, 1.54) is 15.6 Å². The van der Waals surface area contributed by atoms with E-state index in [1.54, 1.807) is 12.1 Å². The summed E-state index contributed by atoms with van der Waals surface area (Å²) in [4.78, 5) is 14.0. The maximum absolute atomic E-state index is 12.5. The van der Waals surface area contributed by atoms with Gasteiger partial charge in [-0.05, 0) is 40.4 Å². The van der Waals surface area contributed by atoms with Gasteiger partial charge in [0.2, 0.25) is 5.91 Å². The number of carbonyl (C=O) groups excluding carboxylic acids is 1. The lowest BCUT2D eigenvalue weighted by Crippen LogP contribution is -2.50. The van der Waals surface area contributed by atoms with Crippen molar-refractivity contribution < 1.29 is 13.2 Å². The Labute approximate surface area is 137 Å². The summed E-state index contributed by atoms with van der Waals surface area (Å²) in [6.45, 7) is 3.83. The molecule has 0 bridgehead atoms. The van der Waals surface area contributed by atoms with Gasteiger partial charge in [-0.1, -0.05) is 6.92 Å². The molecule has 2 fully saturated rings. The van der Waals surface area contributed by atoms with Crippen molar-refractivity contribution in [1.29, 1.82) is 0 Å². The summed E-state index contributed by atoms with van der Waals surface area (Å²) in [5.74, 6) is 0.850. The Morgan fingerprint density at radius 2 is 1.90 bits per heavy atom. The smallest absolute Gasteiger partial charge is 0.252 e. The van der Waals surface area contributed by atoms with Crippen molar-refractivity contribution in [3.05, 3.63) is 15.9 Å². The molecule has 5 nitrogen and oxygen atoms in total. The van der Waals surface area contributed by atoms with Crippen molar-refractivity contribution in [1.82, 2.24) is 9.21 Å². The Hall–Kier alpha value is -0.440. The largest absolute Gasteiger partial charge is 0.340 e. The molecule has 1 amide bonds. The highest BCUT2D eigenvalue weighted by Gasteiger charge is 2.42. The van der Waals surface area contributed by atoms with Gasteiger partial charge in [0, 0.05) is 32.1 Å². The van der Waals surface area contributed by atoms with Crippen LogP contribution in [0.3, 0.4) is 0 Å². The molecule has 0 spiro atoms. The SMILES string of the molecule is C[C@H]1C[C@H]1C(=O)N1CCN(S(=O)(=O)c2ccc(Br)s2)CC1. The number of sulfonamides is 1. The molecular weight excluding hydrogens is 376 g/mol.